The van der Waals surface area contributed by atoms with Gasteiger partial charge in [-0.15, -0.1) is 0 Å². The number of ether oxygens (including phenoxy) is 1. The van der Waals surface area contributed by atoms with Crippen molar-refractivity contribution in [3.8, 4) is 12.0 Å². The first-order chi connectivity index (χ1) is 7.45. The molecule has 1 rings (SSSR count). The van der Waals surface area contributed by atoms with E-state index in [0.717, 1.165) is 18.2 Å². The predicted molar refractivity (Wildman–Crippen MR) is 50.3 cm³/mol. The number of rotatable bonds is 1. The van der Waals surface area contributed by atoms with Crippen LogP contribution in [0.15, 0.2) is 24.3 Å². The molecule has 0 amide bonds. The van der Waals surface area contributed by atoms with E-state index in [0.29, 0.717) is 0 Å². The van der Waals surface area contributed by atoms with Crippen molar-refractivity contribution in [2.45, 2.75) is 13.1 Å². The Morgan fingerprint density at radius 3 is 2.62 bits per heavy atom. The zero-order valence-corrected chi connectivity index (χ0v) is 8.26. The van der Waals surface area contributed by atoms with Crippen molar-refractivity contribution in [3.05, 3.63) is 35.4 Å². The van der Waals surface area contributed by atoms with E-state index >= 15 is 0 Å². The molecule has 0 N–H and O–H groups in total. The van der Waals surface area contributed by atoms with Crippen LogP contribution in [0.5, 0.6) is 0 Å². The second-order valence-electron chi connectivity index (χ2n) is 2.82. The van der Waals surface area contributed by atoms with E-state index in [1.807, 2.05) is 6.11 Å². The Bertz CT molecular complexity index is 452. The van der Waals surface area contributed by atoms with Gasteiger partial charge in [-0.2, -0.15) is 13.2 Å². The largest absolute Gasteiger partial charge is 0.416 e. The lowest BCUT2D eigenvalue weighted by Crippen LogP contribution is -2.08. The molecule has 0 aliphatic rings. The fraction of sp³-hybridized carbons (Fsp3) is 0.182. The Morgan fingerprint density at radius 2 is 2.06 bits per heavy atom. The molecule has 0 radical (unpaired) electrons. The van der Waals surface area contributed by atoms with Gasteiger partial charge in [0.05, 0.1) is 11.1 Å². The maximum Gasteiger partial charge on any atom is 0.416 e. The van der Waals surface area contributed by atoms with Crippen LogP contribution in [-0.4, -0.2) is 5.97 Å². The minimum Gasteiger partial charge on any atom is -0.369 e. The Kier molecular flexibility index (Phi) is 3.56. The first-order valence-electron chi connectivity index (χ1n) is 4.25. The number of esters is 1. The van der Waals surface area contributed by atoms with Crippen molar-refractivity contribution in [2.75, 3.05) is 0 Å². The Morgan fingerprint density at radius 1 is 1.38 bits per heavy atom. The van der Waals surface area contributed by atoms with Crippen molar-refractivity contribution in [2.24, 2.45) is 0 Å². The molecule has 84 valence electrons. The Hall–Kier alpha value is -1.96. The van der Waals surface area contributed by atoms with Crippen molar-refractivity contribution in [1.82, 2.24) is 0 Å². The zero-order valence-electron chi connectivity index (χ0n) is 8.26. The van der Waals surface area contributed by atoms with Crippen molar-refractivity contribution in [1.29, 1.82) is 0 Å². The van der Waals surface area contributed by atoms with E-state index < -0.39 is 17.7 Å². The number of hydrogen-bond donors (Lipinski definition) is 0. The average molecular weight is 228 g/mol. The van der Waals surface area contributed by atoms with E-state index in [2.05, 4.69) is 10.7 Å². The Balaban J connectivity index is 2.97. The summed E-state index contributed by atoms with van der Waals surface area (Å²) in [6, 6.07) is 3.97. The third-order valence-corrected chi connectivity index (χ3v) is 1.67. The smallest absolute Gasteiger partial charge is 0.369 e. The summed E-state index contributed by atoms with van der Waals surface area (Å²) < 4.78 is 41.3. The summed E-state index contributed by atoms with van der Waals surface area (Å²) >= 11 is 0. The minimum atomic E-state index is -4.48. The molecule has 0 aromatic heterocycles. The molecule has 0 fully saturated rings. The second kappa shape index (κ2) is 4.71. The highest BCUT2D eigenvalue weighted by atomic mass is 19.4. The SMILES string of the molecule is CC#COC(=O)c1cccc(C(F)(F)F)c1. The molecule has 0 heterocycles. The number of hydrogen-bond acceptors (Lipinski definition) is 2. The van der Waals surface area contributed by atoms with Gasteiger partial charge in [0.2, 0.25) is 0 Å². The van der Waals surface area contributed by atoms with Crippen LogP contribution in [0.25, 0.3) is 0 Å². The van der Waals surface area contributed by atoms with Gasteiger partial charge in [0.1, 0.15) is 6.11 Å². The molecule has 5 heteroatoms. The van der Waals surface area contributed by atoms with Crippen LogP contribution in [0.2, 0.25) is 0 Å². The molecule has 0 atom stereocenters. The van der Waals surface area contributed by atoms with Crippen LogP contribution >= 0.6 is 0 Å². The van der Waals surface area contributed by atoms with Crippen LogP contribution < -0.4 is 0 Å². The van der Waals surface area contributed by atoms with Crippen molar-refractivity contribution in [3.63, 3.8) is 0 Å². The van der Waals surface area contributed by atoms with E-state index in [-0.39, 0.29) is 5.56 Å². The summed E-state index contributed by atoms with van der Waals surface area (Å²) in [5, 5.41) is 0. The molecular weight excluding hydrogens is 221 g/mol. The molecular formula is C11H7F3O2. The molecule has 1 aromatic carbocycles. The van der Waals surface area contributed by atoms with Gasteiger partial charge in [0, 0.05) is 6.92 Å². The van der Waals surface area contributed by atoms with E-state index in [9.17, 15) is 18.0 Å². The van der Waals surface area contributed by atoms with Gasteiger partial charge in [0.15, 0.2) is 0 Å². The molecule has 0 bridgehead atoms. The summed E-state index contributed by atoms with van der Waals surface area (Å²) in [4.78, 5) is 11.2. The van der Waals surface area contributed by atoms with E-state index in [4.69, 9.17) is 0 Å². The van der Waals surface area contributed by atoms with E-state index in [1.54, 1.807) is 0 Å². The average Bonchev–Trinajstić information content (AvgIpc) is 2.25. The lowest BCUT2D eigenvalue weighted by atomic mass is 10.1. The lowest BCUT2D eigenvalue weighted by molar-refractivity contribution is -0.137. The third-order valence-electron chi connectivity index (χ3n) is 1.67. The molecule has 16 heavy (non-hydrogen) atoms. The van der Waals surface area contributed by atoms with Gasteiger partial charge < -0.3 is 4.74 Å². The van der Waals surface area contributed by atoms with E-state index in [1.165, 1.54) is 13.0 Å². The summed E-state index contributed by atoms with van der Waals surface area (Å²) in [5.74, 6) is 1.40. The normalized spacial score (nSPS) is 10.2. The fourth-order valence-electron chi connectivity index (χ4n) is 0.979. The van der Waals surface area contributed by atoms with Crippen molar-refractivity contribution < 1.29 is 22.7 Å². The first kappa shape index (κ1) is 12.1. The second-order valence-corrected chi connectivity index (χ2v) is 2.82. The molecule has 1 aromatic rings. The van der Waals surface area contributed by atoms with Gasteiger partial charge in [0.25, 0.3) is 0 Å². The first-order valence-corrected chi connectivity index (χ1v) is 4.25. The van der Waals surface area contributed by atoms with Crippen LogP contribution in [0.3, 0.4) is 0 Å². The summed E-state index contributed by atoms with van der Waals surface area (Å²) in [7, 11) is 0. The molecule has 0 saturated carbocycles. The molecule has 0 aliphatic carbocycles. The van der Waals surface area contributed by atoms with Gasteiger partial charge in [-0.05, 0) is 18.2 Å². The number of halogens is 3. The molecule has 0 spiro atoms. The quantitative estimate of drug-likeness (QED) is 0.545. The van der Waals surface area contributed by atoms with Gasteiger partial charge in [-0.1, -0.05) is 12.0 Å². The van der Waals surface area contributed by atoms with Gasteiger partial charge in [-0.3, -0.25) is 0 Å². The molecule has 2 nitrogen and oxygen atoms in total. The fourth-order valence-corrected chi connectivity index (χ4v) is 0.979. The minimum absolute atomic E-state index is 0.183. The standard InChI is InChI=1S/C11H7F3O2/c1-2-6-16-10(15)8-4-3-5-9(7-8)11(12,13)14/h3-5,7H,1H3. The predicted octanol–water partition coefficient (Wildman–Crippen LogP) is 2.84. The summed E-state index contributed by atoms with van der Waals surface area (Å²) in [5.41, 5.74) is -1.08. The molecule has 0 saturated heterocycles. The third kappa shape index (κ3) is 3.02. The molecule has 0 unspecified atom stereocenters. The highest BCUT2D eigenvalue weighted by molar-refractivity contribution is 5.90. The number of carbonyl (C=O) groups is 1. The number of carbonyl (C=O) groups excluding carboxylic acids is 1. The maximum absolute atomic E-state index is 12.3. The zero-order chi connectivity index (χ0) is 12.2. The lowest BCUT2D eigenvalue weighted by Gasteiger charge is -2.06. The molecule has 0 aliphatic heterocycles. The van der Waals surface area contributed by atoms with Crippen LogP contribution in [0, 0.1) is 12.0 Å². The van der Waals surface area contributed by atoms with Gasteiger partial charge in [-0.25, -0.2) is 4.79 Å². The number of benzene rings is 1. The Labute approximate surface area is 90.0 Å². The highest BCUT2D eigenvalue weighted by Crippen LogP contribution is 2.29. The van der Waals surface area contributed by atoms with Crippen molar-refractivity contribution >= 4 is 5.97 Å². The highest BCUT2D eigenvalue weighted by Gasteiger charge is 2.30. The topological polar surface area (TPSA) is 26.3 Å². The van der Waals surface area contributed by atoms with Crippen LogP contribution in [-0.2, 0) is 10.9 Å². The maximum atomic E-state index is 12.3. The van der Waals surface area contributed by atoms with Gasteiger partial charge >= 0.3 is 12.1 Å². The van der Waals surface area contributed by atoms with Crippen LogP contribution in [0.4, 0.5) is 13.2 Å². The summed E-state index contributed by atoms with van der Waals surface area (Å²) in [6.45, 7) is 1.44. The van der Waals surface area contributed by atoms with Crippen LogP contribution in [0.1, 0.15) is 22.8 Å². The number of alkyl halides is 3. The monoisotopic (exact) mass is 228 g/mol. The summed E-state index contributed by atoms with van der Waals surface area (Å²) in [6.07, 6.45) is -2.46.